The van der Waals surface area contributed by atoms with Crippen LogP contribution in [-0.2, 0) is 13.4 Å². The van der Waals surface area contributed by atoms with Crippen molar-refractivity contribution < 1.29 is 37.5 Å². The average Bonchev–Trinajstić information content (AvgIpc) is 2.73. The molecule has 0 aromatic carbocycles. The van der Waals surface area contributed by atoms with Gasteiger partial charge in [0.15, 0.2) is 11.2 Å². The molecule has 2 rings (SSSR count). The molecule has 16 heteroatoms. The minimum Gasteiger partial charge on any atom is -0.339 e. The van der Waals surface area contributed by atoms with Crippen LogP contribution in [-0.4, -0.2) is 39.5 Å². The zero-order chi connectivity index (χ0) is 16.3. The quantitative estimate of drug-likeness (QED) is 0.268. The maximum Gasteiger partial charge on any atom is 0.478 e. The molecule has 0 bridgehead atoms. The van der Waals surface area contributed by atoms with Gasteiger partial charge in [0.1, 0.15) is 0 Å². The van der Waals surface area contributed by atoms with Gasteiger partial charge in [0.05, 0.1) is 6.33 Å². The summed E-state index contributed by atoms with van der Waals surface area (Å²) in [5.41, 5.74) is 1.18. The summed E-state index contributed by atoms with van der Waals surface area (Å²) in [6.07, 6.45) is 1.31. The molecule has 2 aromatic rings. The van der Waals surface area contributed by atoms with Crippen molar-refractivity contribution in [3.05, 3.63) is 16.7 Å². The van der Waals surface area contributed by atoms with Crippen molar-refractivity contribution in [3.8, 4) is 0 Å². The maximum atomic E-state index is 11.8. The average molecular weight is 347 g/mol. The van der Waals surface area contributed by atoms with Crippen molar-refractivity contribution in [2.75, 3.05) is 5.54 Å². The molecule has 0 aliphatic carbocycles. The number of nitrogens with one attached hydrogen (secondary N) is 3. The summed E-state index contributed by atoms with van der Waals surface area (Å²) >= 11 is 0. The fourth-order valence-electron chi connectivity index (χ4n) is 1.03. The predicted octanol–water partition coefficient (Wildman–Crippen LogP) is -0.869. The second kappa shape index (κ2) is 6.41. The van der Waals surface area contributed by atoms with Crippen LogP contribution in [0.5, 0.6) is 0 Å². The van der Waals surface area contributed by atoms with Gasteiger partial charge in [-0.25, -0.2) is 14.1 Å². The predicted molar refractivity (Wildman–Crippen MR) is 64.4 cm³/mol. The molecule has 0 atom stereocenters. The van der Waals surface area contributed by atoms with Crippen LogP contribution in [0, 0.1) is 0 Å². The van der Waals surface area contributed by atoms with Gasteiger partial charge in [0.2, 0.25) is 5.95 Å². The van der Waals surface area contributed by atoms with E-state index in [1.807, 2.05) is 0 Å². The van der Waals surface area contributed by atoms with Crippen LogP contribution in [0.15, 0.2) is 11.1 Å². The number of halogens is 1. The molecule has 0 radical (unpaired) electrons. The molecule has 0 amide bonds. The molecule has 13 nitrogen and oxygen atoms in total. The van der Waals surface area contributed by atoms with Crippen molar-refractivity contribution in [1.82, 2.24) is 19.9 Å². The Balaban J connectivity index is 0.000000222. The summed E-state index contributed by atoms with van der Waals surface area (Å²) < 4.78 is 34.0. The van der Waals surface area contributed by atoms with Crippen molar-refractivity contribution in [1.29, 1.82) is 0 Å². The van der Waals surface area contributed by atoms with Gasteiger partial charge in [0, 0.05) is 0 Å². The minimum absolute atomic E-state index is 0.180. The van der Waals surface area contributed by atoms with Crippen LogP contribution in [0.2, 0.25) is 0 Å². The highest BCUT2D eigenvalue weighted by Crippen LogP contribution is 2.53. The topological polar surface area (TPSA) is 211 Å². The molecular weight excluding hydrogens is 339 g/mol. The van der Waals surface area contributed by atoms with E-state index in [2.05, 4.69) is 24.2 Å². The van der Waals surface area contributed by atoms with E-state index in [0.29, 0.717) is 0 Å². The normalized spacial score (nSPS) is 11.9. The molecule has 2 aromatic heterocycles. The van der Waals surface area contributed by atoms with Gasteiger partial charge in [0.25, 0.3) is 5.56 Å². The van der Waals surface area contributed by atoms with E-state index in [9.17, 15) is 18.4 Å². The zero-order valence-corrected chi connectivity index (χ0v) is 11.5. The third-order valence-electron chi connectivity index (χ3n) is 1.60. The highest BCUT2D eigenvalue weighted by Gasteiger charge is 2.27. The Bertz CT molecular complexity index is 742. The molecular formula is C5H8FN5O8P2. The summed E-state index contributed by atoms with van der Waals surface area (Å²) in [6, 6.07) is 0. The Kier molecular flexibility index (Phi) is 5.31. The summed E-state index contributed by atoms with van der Waals surface area (Å²) in [6.45, 7) is 0. The molecule has 0 aliphatic heterocycles. The first-order chi connectivity index (χ1) is 9.52. The Labute approximate surface area is 113 Å². The Hall–Kier alpha value is -1.66. The minimum atomic E-state index is -5.05. The highest BCUT2D eigenvalue weighted by atomic mass is 31.3. The van der Waals surface area contributed by atoms with Crippen LogP contribution in [0.1, 0.15) is 0 Å². The number of aromatic amines is 2. The number of phosphoric acid groups is 2. The number of nitrogens with zero attached hydrogens (tertiary/aromatic N) is 2. The second-order valence-corrected chi connectivity index (χ2v) is 5.79. The molecule has 0 spiro atoms. The maximum absolute atomic E-state index is 11.8. The second-order valence-electron chi connectivity index (χ2n) is 3.17. The fraction of sp³-hybridized carbons (Fsp3) is 0. The van der Waals surface area contributed by atoms with Gasteiger partial charge in [-0.2, -0.15) is 14.8 Å². The SMILES string of the molecule is O=P(O)(O)OP(=O)(O)O.O=c1[nH]c(NF)nc2nc[nH]c12. The van der Waals surface area contributed by atoms with Crippen LogP contribution in [0.4, 0.5) is 10.4 Å². The van der Waals surface area contributed by atoms with Crippen molar-refractivity contribution in [3.63, 3.8) is 0 Å². The Morgan fingerprint density at radius 2 is 1.81 bits per heavy atom. The molecule has 21 heavy (non-hydrogen) atoms. The Morgan fingerprint density at radius 3 is 2.24 bits per heavy atom. The van der Waals surface area contributed by atoms with Crippen LogP contribution in [0.25, 0.3) is 11.2 Å². The number of imidazole rings is 1. The van der Waals surface area contributed by atoms with E-state index < -0.39 is 21.2 Å². The lowest BCUT2D eigenvalue weighted by Gasteiger charge is -2.03. The van der Waals surface area contributed by atoms with Gasteiger partial charge < -0.3 is 24.6 Å². The summed E-state index contributed by atoms with van der Waals surface area (Å²) in [5, 5.41) is 0. The molecule has 7 N–H and O–H groups in total. The van der Waals surface area contributed by atoms with Crippen molar-refractivity contribution >= 4 is 32.8 Å². The standard InChI is InChI=1S/C5H4FN5O.H4O7P2/c6-11-5-9-3-2(4(12)10-5)7-1-8-3;1-8(2,3)7-9(4,5)6/h1H,(H3,7,8,9,10,11,12);(H2,1,2,3)(H2,4,5,6). The third kappa shape index (κ3) is 6.10. The highest BCUT2D eigenvalue weighted by molar-refractivity contribution is 7.60. The van der Waals surface area contributed by atoms with E-state index in [-0.39, 0.29) is 17.1 Å². The largest absolute Gasteiger partial charge is 0.478 e. The lowest BCUT2D eigenvalue weighted by atomic mass is 10.5. The molecule has 0 saturated carbocycles. The number of hydrogen-bond acceptors (Lipinski definition) is 7. The van der Waals surface area contributed by atoms with E-state index in [0.717, 1.165) is 0 Å². The number of anilines is 1. The first-order valence-corrected chi connectivity index (χ1v) is 7.70. The molecule has 0 fully saturated rings. The lowest BCUT2D eigenvalue weighted by molar-refractivity contribution is 0.225. The Morgan fingerprint density at radius 1 is 1.24 bits per heavy atom. The molecule has 0 saturated heterocycles. The van der Waals surface area contributed by atoms with Crippen LogP contribution in [0.3, 0.4) is 0 Å². The first-order valence-electron chi connectivity index (χ1n) is 4.64. The number of aromatic nitrogens is 4. The molecule has 118 valence electrons. The van der Waals surface area contributed by atoms with Gasteiger partial charge in [-0.3, -0.25) is 9.78 Å². The van der Waals surface area contributed by atoms with E-state index in [4.69, 9.17) is 19.6 Å². The molecule has 2 heterocycles. The smallest absolute Gasteiger partial charge is 0.339 e. The number of H-pyrrole nitrogens is 2. The van der Waals surface area contributed by atoms with Crippen molar-refractivity contribution in [2.24, 2.45) is 0 Å². The van der Waals surface area contributed by atoms with Crippen molar-refractivity contribution in [2.45, 2.75) is 0 Å². The number of rotatable bonds is 3. The van der Waals surface area contributed by atoms with E-state index in [1.54, 1.807) is 0 Å². The van der Waals surface area contributed by atoms with Gasteiger partial charge >= 0.3 is 15.6 Å². The first kappa shape index (κ1) is 17.4. The molecule has 0 aliphatic rings. The number of hydrogen-bond donors (Lipinski definition) is 7. The van der Waals surface area contributed by atoms with Gasteiger partial charge in [-0.05, 0) is 0 Å². The van der Waals surface area contributed by atoms with E-state index >= 15 is 0 Å². The van der Waals surface area contributed by atoms with Gasteiger partial charge in [-0.15, -0.1) is 4.48 Å². The van der Waals surface area contributed by atoms with Gasteiger partial charge in [-0.1, -0.05) is 0 Å². The van der Waals surface area contributed by atoms with Crippen LogP contribution >= 0.6 is 15.6 Å². The van der Waals surface area contributed by atoms with E-state index in [1.165, 1.54) is 11.9 Å². The summed E-state index contributed by atoms with van der Waals surface area (Å²) in [7, 11) is -10.1. The monoisotopic (exact) mass is 347 g/mol. The number of fused-ring (bicyclic) bond motifs is 1. The summed E-state index contributed by atoms with van der Waals surface area (Å²) in [5.74, 6) is -0.250. The molecule has 0 unspecified atom stereocenters. The summed E-state index contributed by atoms with van der Waals surface area (Å²) in [4.78, 5) is 54.1. The third-order valence-corrected chi connectivity index (χ3v) is 3.30. The fourth-order valence-corrected chi connectivity index (χ4v) is 2.13. The van der Waals surface area contributed by atoms with Crippen LogP contribution < -0.4 is 11.1 Å². The lowest BCUT2D eigenvalue weighted by Crippen LogP contribution is -2.09. The zero-order valence-electron chi connectivity index (χ0n) is 9.67.